The zero-order valence-corrected chi connectivity index (χ0v) is 24.2. The number of hydrogen-bond acceptors (Lipinski definition) is 6. The number of rotatable bonds is 1. The maximum Gasteiger partial charge on any atom is 0.312 e. The van der Waals surface area contributed by atoms with Gasteiger partial charge in [-0.1, -0.05) is 60.1 Å². The molecule has 0 amide bonds. The average Bonchev–Trinajstić information content (AvgIpc) is 2.83. The first-order valence-corrected chi connectivity index (χ1v) is 14.2. The predicted octanol–water partition coefficient (Wildman–Crippen LogP) is 5.35. The first kappa shape index (κ1) is 27.3. The molecule has 1 N–H and O–H groups in total. The molecular formula is C32H43NO5. The van der Waals surface area contributed by atoms with Crippen LogP contribution in [0.25, 0.3) is 0 Å². The summed E-state index contributed by atoms with van der Waals surface area (Å²) in [7, 11) is 1.41. The quantitative estimate of drug-likeness (QED) is 0.467. The van der Waals surface area contributed by atoms with Crippen molar-refractivity contribution in [3.8, 4) is 6.07 Å². The van der Waals surface area contributed by atoms with Crippen LogP contribution in [0, 0.1) is 61.6 Å². The molecule has 0 unspecified atom stereocenters. The van der Waals surface area contributed by atoms with Crippen LogP contribution in [0.15, 0.2) is 23.3 Å². The summed E-state index contributed by atoms with van der Waals surface area (Å²) in [4.78, 5) is 41.0. The van der Waals surface area contributed by atoms with Crippen molar-refractivity contribution in [2.45, 2.75) is 93.1 Å². The van der Waals surface area contributed by atoms with E-state index in [1.807, 2.05) is 39.8 Å². The maximum atomic E-state index is 14.4. The summed E-state index contributed by atoms with van der Waals surface area (Å²) in [6.45, 7) is 14.6. The number of esters is 1. The van der Waals surface area contributed by atoms with Gasteiger partial charge in [0.15, 0.2) is 11.6 Å². The topological polar surface area (TPSA) is 104 Å². The molecule has 0 heterocycles. The second-order valence-corrected chi connectivity index (χ2v) is 14.9. The van der Waals surface area contributed by atoms with Gasteiger partial charge >= 0.3 is 5.97 Å². The number of fused-ring (bicyclic) bond motifs is 7. The summed E-state index contributed by atoms with van der Waals surface area (Å²) < 4.78 is 5.34. The normalized spacial score (nSPS) is 46.7. The molecular weight excluding hydrogens is 478 g/mol. The Morgan fingerprint density at radius 2 is 1.71 bits per heavy atom. The maximum absolute atomic E-state index is 14.4. The molecule has 0 saturated heterocycles. The second-order valence-electron chi connectivity index (χ2n) is 14.9. The van der Waals surface area contributed by atoms with E-state index in [1.165, 1.54) is 7.11 Å². The minimum absolute atomic E-state index is 0.00612. The lowest BCUT2D eigenvalue weighted by Crippen LogP contribution is -2.67. The molecule has 3 fully saturated rings. The van der Waals surface area contributed by atoms with Crippen molar-refractivity contribution in [1.29, 1.82) is 5.26 Å². The fraction of sp³-hybridized carbons (Fsp3) is 0.750. The summed E-state index contributed by atoms with van der Waals surface area (Å²) in [6.07, 6.45) is 6.85. The van der Waals surface area contributed by atoms with Crippen molar-refractivity contribution in [3.05, 3.63) is 23.3 Å². The van der Waals surface area contributed by atoms with Crippen molar-refractivity contribution in [2.24, 2.45) is 50.2 Å². The molecule has 0 aromatic heterocycles. The highest BCUT2D eigenvalue weighted by Crippen LogP contribution is 2.74. The molecule has 38 heavy (non-hydrogen) atoms. The van der Waals surface area contributed by atoms with E-state index < -0.39 is 33.2 Å². The molecule has 0 aliphatic heterocycles. The van der Waals surface area contributed by atoms with Gasteiger partial charge in [-0.25, -0.2) is 0 Å². The van der Waals surface area contributed by atoms with E-state index in [1.54, 1.807) is 0 Å². The van der Waals surface area contributed by atoms with Crippen LogP contribution in [-0.4, -0.2) is 35.9 Å². The molecule has 0 aromatic carbocycles. The van der Waals surface area contributed by atoms with E-state index in [0.29, 0.717) is 25.7 Å². The first-order valence-electron chi connectivity index (χ1n) is 14.2. The first-order chi connectivity index (χ1) is 17.5. The predicted molar refractivity (Wildman–Crippen MR) is 142 cm³/mol. The van der Waals surface area contributed by atoms with E-state index in [2.05, 4.69) is 26.8 Å². The lowest BCUT2D eigenvalue weighted by Gasteiger charge is -2.69. The Labute approximate surface area is 226 Å². The van der Waals surface area contributed by atoms with Gasteiger partial charge in [0.2, 0.25) is 0 Å². The Bertz CT molecular complexity index is 1230. The lowest BCUT2D eigenvalue weighted by molar-refractivity contribution is -0.203. The highest BCUT2D eigenvalue weighted by molar-refractivity contribution is 6.04. The van der Waals surface area contributed by atoms with Gasteiger partial charge in [-0.2, -0.15) is 5.26 Å². The number of carbonyl (C=O) groups is 3. The molecule has 0 spiro atoms. The van der Waals surface area contributed by atoms with Gasteiger partial charge in [0.25, 0.3) is 0 Å². The molecule has 5 aliphatic carbocycles. The third-order valence-corrected chi connectivity index (χ3v) is 12.6. The number of Topliss-reactive ketones (excluding diaryl/α,β-unsaturated/α-hetero) is 1. The van der Waals surface area contributed by atoms with Crippen molar-refractivity contribution < 1.29 is 24.2 Å². The summed E-state index contributed by atoms with van der Waals surface area (Å²) in [6, 6.07) is 2.15. The summed E-state index contributed by atoms with van der Waals surface area (Å²) in [5.74, 6) is -0.983. The monoisotopic (exact) mass is 521 g/mol. The number of ether oxygens (including phenoxy) is 1. The van der Waals surface area contributed by atoms with Crippen LogP contribution >= 0.6 is 0 Å². The Morgan fingerprint density at radius 1 is 1.05 bits per heavy atom. The molecule has 6 nitrogen and oxygen atoms in total. The van der Waals surface area contributed by atoms with E-state index in [-0.39, 0.29) is 46.3 Å². The van der Waals surface area contributed by atoms with Gasteiger partial charge in [0, 0.05) is 16.7 Å². The zero-order chi connectivity index (χ0) is 28.3. The number of nitriles is 1. The zero-order valence-electron chi connectivity index (χ0n) is 24.2. The van der Waals surface area contributed by atoms with E-state index in [0.717, 1.165) is 18.4 Å². The standard InChI is InChI=1S/C32H43NO5/c1-27(2)15-19-24-20(34)13-22-29(5)14-18(17-33)25(36)28(3,4)21(29)9-10-30(22,6)31(24,7)11-12-32(19,16-23(27)35)26(37)38-8/h13-14,19,21,23-24,35H,9-12,15-16H2,1-8H3/t19-,21-,23-,24-,29-,30+,31+,32+/m0/s1. The summed E-state index contributed by atoms with van der Waals surface area (Å²) >= 11 is 0. The van der Waals surface area contributed by atoms with Crippen LogP contribution in [0.4, 0.5) is 0 Å². The Kier molecular flexibility index (Phi) is 5.68. The molecule has 0 radical (unpaired) electrons. The van der Waals surface area contributed by atoms with Gasteiger partial charge in [0.05, 0.1) is 24.2 Å². The molecule has 6 heteroatoms. The molecule has 8 atom stereocenters. The lowest BCUT2D eigenvalue weighted by atomic mass is 9.34. The van der Waals surface area contributed by atoms with Crippen molar-refractivity contribution in [3.63, 3.8) is 0 Å². The number of nitrogens with zero attached hydrogens (tertiary/aromatic N) is 1. The number of methoxy groups -OCH3 is 1. The highest BCUT2D eigenvalue weighted by atomic mass is 16.5. The Morgan fingerprint density at radius 3 is 2.32 bits per heavy atom. The van der Waals surface area contributed by atoms with Crippen LogP contribution < -0.4 is 0 Å². The van der Waals surface area contributed by atoms with Crippen molar-refractivity contribution >= 4 is 17.5 Å². The highest BCUT2D eigenvalue weighted by Gasteiger charge is 2.71. The molecule has 0 bridgehead atoms. The third kappa shape index (κ3) is 3.06. The molecule has 0 aromatic rings. The largest absolute Gasteiger partial charge is 0.469 e. The number of hydrogen-bond donors (Lipinski definition) is 1. The Balaban J connectivity index is 1.71. The van der Waals surface area contributed by atoms with E-state index in [9.17, 15) is 24.8 Å². The summed E-state index contributed by atoms with van der Waals surface area (Å²) in [5, 5.41) is 20.9. The number of aliphatic hydroxyl groups excluding tert-OH is 1. The van der Waals surface area contributed by atoms with Gasteiger partial charge in [-0.15, -0.1) is 0 Å². The molecule has 5 aliphatic rings. The van der Waals surface area contributed by atoms with Crippen LogP contribution in [0.2, 0.25) is 0 Å². The van der Waals surface area contributed by atoms with Gasteiger partial charge in [-0.3, -0.25) is 14.4 Å². The smallest absolute Gasteiger partial charge is 0.312 e. The van der Waals surface area contributed by atoms with Crippen molar-refractivity contribution in [1.82, 2.24) is 0 Å². The van der Waals surface area contributed by atoms with E-state index >= 15 is 0 Å². The van der Waals surface area contributed by atoms with Gasteiger partial charge in [-0.05, 0) is 72.7 Å². The van der Waals surface area contributed by atoms with E-state index in [4.69, 9.17) is 4.74 Å². The minimum atomic E-state index is -0.876. The van der Waals surface area contributed by atoms with Crippen molar-refractivity contribution in [2.75, 3.05) is 7.11 Å². The molecule has 3 saturated carbocycles. The minimum Gasteiger partial charge on any atom is -0.469 e. The van der Waals surface area contributed by atoms with Gasteiger partial charge < -0.3 is 9.84 Å². The molecule has 5 rings (SSSR count). The average molecular weight is 522 g/mol. The second kappa shape index (κ2) is 7.90. The number of carbonyl (C=O) groups excluding carboxylic acids is 3. The fourth-order valence-electron chi connectivity index (χ4n) is 10.2. The number of allylic oxidation sites excluding steroid dienone is 4. The van der Waals surface area contributed by atoms with Crippen LogP contribution in [0.3, 0.4) is 0 Å². The number of ketones is 2. The van der Waals surface area contributed by atoms with Crippen LogP contribution in [-0.2, 0) is 19.1 Å². The number of aliphatic hydroxyl groups is 1. The summed E-state index contributed by atoms with van der Waals surface area (Å²) in [5.41, 5.74) is -2.10. The third-order valence-electron chi connectivity index (χ3n) is 12.6. The SMILES string of the molecule is COC(=O)[C@@]12CC[C@]3(C)[C@H](C(=O)C=C4[C@@]5(C)C=C(C#N)C(=O)C(C)(C)[C@@H]5CC[C@]43C)[C@@H]1CC(C)(C)[C@@H](O)C2. The molecule has 206 valence electrons. The van der Waals surface area contributed by atoms with Crippen LogP contribution in [0.1, 0.15) is 87.0 Å². The van der Waals surface area contributed by atoms with Gasteiger partial charge in [0.1, 0.15) is 6.07 Å². The van der Waals surface area contributed by atoms with Crippen LogP contribution in [0.5, 0.6) is 0 Å². The Hall–Kier alpha value is -2.26. The fourth-order valence-corrected chi connectivity index (χ4v) is 10.2.